The van der Waals surface area contributed by atoms with Crippen molar-refractivity contribution in [1.29, 1.82) is 0 Å². The Hall–Kier alpha value is -2.99. The molecule has 23 heavy (non-hydrogen) atoms. The third-order valence-corrected chi connectivity index (χ3v) is 4.64. The Bertz CT molecular complexity index is 960. The van der Waals surface area contributed by atoms with Crippen molar-refractivity contribution in [3.63, 3.8) is 0 Å². The first-order chi connectivity index (χ1) is 11.3. The van der Waals surface area contributed by atoms with Crippen LogP contribution >= 0.6 is 11.3 Å². The lowest BCUT2D eigenvalue weighted by atomic mass is 10.2. The number of benzene rings is 1. The Morgan fingerprint density at radius 2 is 2.00 bits per heavy atom. The van der Waals surface area contributed by atoms with Gasteiger partial charge in [-0.3, -0.25) is 14.9 Å². The summed E-state index contributed by atoms with van der Waals surface area (Å²) in [6, 6.07) is 15.0. The van der Waals surface area contributed by atoms with Gasteiger partial charge in [0.1, 0.15) is 0 Å². The smallest absolute Gasteiger partial charge is 0.256 e. The number of anilines is 1. The van der Waals surface area contributed by atoms with Crippen LogP contribution in [0.25, 0.3) is 20.7 Å². The predicted molar refractivity (Wildman–Crippen MR) is 91.6 cm³/mol. The lowest BCUT2D eigenvalue weighted by molar-refractivity contribution is 0.102. The molecule has 112 valence electrons. The average Bonchev–Trinajstić information content (AvgIpc) is 3.18. The van der Waals surface area contributed by atoms with Gasteiger partial charge >= 0.3 is 0 Å². The lowest BCUT2D eigenvalue weighted by Gasteiger charge is -2.01. The minimum absolute atomic E-state index is 0.171. The Labute approximate surface area is 136 Å². The summed E-state index contributed by atoms with van der Waals surface area (Å²) in [5.41, 5.74) is 2.55. The van der Waals surface area contributed by atoms with Crippen molar-refractivity contribution in [3.05, 3.63) is 66.5 Å². The molecule has 0 aliphatic carbocycles. The number of fused-ring (bicyclic) bond motifs is 1. The quantitative estimate of drug-likeness (QED) is 0.600. The van der Waals surface area contributed by atoms with Gasteiger partial charge in [0.2, 0.25) is 0 Å². The molecule has 0 spiro atoms. The van der Waals surface area contributed by atoms with Crippen LogP contribution in [0.5, 0.6) is 0 Å². The minimum atomic E-state index is -0.171. The molecule has 3 heterocycles. The number of aromatic amines is 1. The molecular formula is C17H12N4OS. The molecule has 1 amide bonds. The zero-order chi connectivity index (χ0) is 15.6. The molecule has 6 heteroatoms. The maximum absolute atomic E-state index is 12.3. The van der Waals surface area contributed by atoms with E-state index in [1.807, 2.05) is 42.6 Å². The van der Waals surface area contributed by atoms with Gasteiger partial charge in [-0.05, 0) is 24.3 Å². The molecule has 0 fully saturated rings. The highest BCUT2D eigenvalue weighted by molar-refractivity contribution is 7.22. The van der Waals surface area contributed by atoms with E-state index in [0.29, 0.717) is 11.4 Å². The number of thiophene rings is 1. The molecule has 3 aromatic heterocycles. The van der Waals surface area contributed by atoms with Crippen LogP contribution in [0.4, 0.5) is 5.82 Å². The third kappa shape index (κ3) is 2.60. The molecule has 0 unspecified atom stereocenters. The van der Waals surface area contributed by atoms with E-state index in [-0.39, 0.29) is 5.91 Å². The molecule has 0 aliphatic rings. The van der Waals surface area contributed by atoms with Crippen molar-refractivity contribution in [2.24, 2.45) is 0 Å². The fourth-order valence-electron chi connectivity index (χ4n) is 2.32. The zero-order valence-corrected chi connectivity index (χ0v) is 12.8. The summed E-state index contributed by atoms with van der Waals surface area (Å²) in [5.74, 6) is 0.379. The number of rotatable bonds is 3. The first-order valence-electron chi connectivity index (χ1n) is 7.06. The Morgan fingerprint density at radius 1 is 1.13 bits per heavy atom. The normalized spacial score (nSPS) is 10.8. The number of hydrogen-bond donors (Lipinski definition) is 2. The molecule has 0 aliphatic heterocycles. The van der Waals surface area contributed by atoms with Gasteiger partial charge in [0.15, 0.2) is 5.82 Å². The number of nitrogens with zero attached hydrogens (tertiary/aromatic N) is 2. The molecule has 4 aromatic rings. The van der Waals surface area contributed by atoms with Crippen LogP contribution < -0.4 is 5.32 Å². The fourth-order valence-corrected chi connectivity index (χ4v) is 3.36. The summed E-state index contributed by atoms with van der Waals surface area (Å²) in [4.78, 5) is 17.5. The van der Waals surface area contributed by atoms with E-state index in [1.165, 1.54) is 0 Å². The van der Waals surface area contributed by atoms with Crippen LogP contribution in [0.1, 0.15) is 10.4 Å². The first-order valence-corrected chi connectivity index (χ1v) is 7.87. The Morgan fingerprint density at radius 3 is 2.78 bits per heavy atom. The van der Waals surface area contributed by atoms with Crippen molar-refractivity contribution in [3.8, 4) is 10.4 Å². The highest BCUT2D eigenvalue weighted by atomic mass is 32.1. The molecule has 0 radical (unpaired) electrons. The van der Waals surface area contributed by atoms with Crippen LogP contribution in [-0.4, -0.2) is 21.1 Å². The van der Waals surface area contributed by atoms with Crippen LogP contribution in [-0.2, 0) is 0 Å². The zero-order valence-electron chi connectivity index (χ0n) is 12.0. The van der Waals surface area contributed by atoms with Gasteiger partial charge in [0, 0.05) is 28.4 Å². The lowest BCUT2D eigenvalue weighted by Crippen LogP contribution is -2.11. The maximum atomic E-state index is 12.3. The van der Waals surface area contributed by atoms with E-state index >= 15 is 0 Å². The molecule has 0 atom stereocenters. The number of carbonyl (C=O) groups excluding carboxylic acids is 1. The van der Waals surface area contributed by atoms with Crippen LogP contribution in [0.3, 0.4) is 0 Å². The van der Waals surface area contributed by atoms with Gasteiger partial charge in [-0.15, -0.1) is 11.3 Å². The molecule has 4 rings (SSSR count). The van der Waals surface area contributed by atoms with Gasteiger partial charge in [0.05, 0.1) is 10.2 Å². The number of carbonyl (C=O) groups is 1. The van der Waals surface area contributed by atoms with E-state index < -0.39 is 0 Å². The van der Waals surface area contributed by atoms with E-state index in [4.69, 9.17) is 0 Å². The van der Waals surface area contributed by atoms with Crippen molar-refractivity contribution in [1.82, 2.24) is 15.2 Å². The molecule has 5 nitrogen and oxygen atoms in total. The SMILES string of the molecule is O=C(Nc1n[nH]c2cc(-c3cccnc3)sc12)c1ccccc1. The number of H-pyrrole nitrogens is 1. The van der Waals surface area contributed by atoms with Crippen molar-refractivity contribution in [2.75, 3.05) is 5.32 Å². The number of nitrogens with one attached hydrogen (secondary N) is 2. The molecule has 0 bridgehead atoms. The standard InChI is InChI=1S/C17H12N4OS/c22-17(11-5-2-1-3-6-11)19-16-15-13(20-21-16)9-14(23-15)12-7-4-8-18-10-12/h1-10H,(H2,19,20,21,22). The minimum Gasteiger partial charge on any atom is -0.304 e. The molecule has 0 saturated heterocycles. The highest BCUT2D eigenvalue weighted by Gasteiger charge is 2.14. The van der Waals surface area contributed by atoms with E-state index in [0.717, 1.165) is 20.7 Å². The topological polar surface area (TPSA) is 70.7 Å². The second kappa shape index (κ2) is 5.66. The van der Waals surface area contributed by atoms with Crippen molar-refractivity contribution < 1.29 is 4.79 Å². The van der Waals surface area contributed by atoms with Gasteiger partial charge in [-0.1, -0.05) is 24.3 Å². The number of aromatic nitrogens is 3. The second-order valence-electron chi connectivity index (χ2n) is 4.99. The fraction of sp³-hybridized carbons (Fsp3) is 0. The van der Waals surface area contributed by atoms with Gasteiger partial charge in [0.25, 0.3) is 5.91 Å². The third-order valence-electron chi connectivity index (χ3n) is 3.45. The Kier molecular flexibility index (Phi) is 3.36. The molecular weight excluding hydrogens is 308 g/mol. The summed E-state index contributed by atoms with van der Waals surface area (Å²) >= 11 is 1.57. The largest absolute Gasteiger partial charge is 0.304 e. The summed E-state index contributed by atoms with van der Waals surface area (Å²) in [7, 11) is 0. The van der Waals surface area contributed by atoms with Crippen molar-refractivity contribution in [2.45, 2.75) is 0 Å². The van der Waals surface area contributed by atoms with Crippen LogP contribution in [0, 0.1) is 0 Å². The second-order valence-corrected chi connectivity index (χ2v) is 6.04. The molecule has 2 N–H and O–H groups in total. The summed E-state index contributed by atoms with van der Waals surface area (Å²) in [6.45, 7) is 0. The number of pyridine rings is 1. The maximum Gasteiger partial charge on any atom is 0.256 e. The van der Waals surface area contributed by atoms with E-state index in [2.05, 4.69) is 20.5 Å². The van der Waals surface area contributed by atoms with Crippen molar-refractivity contribution >= 4 is 33.3 Å². The summed E-state index contributed by atoms with van der Waals surface area (Å²) in [5, 5.41) is 10.0. The first kappa shape index (κ1) is 13.7. The Balaban J connectivity index is 1.66. The number of hydrogen-bond acceptors (Lipinski definition) is 4. The van der Waals surface area contributed by atoms with Crippen LogP contribution in [0.2, 0.25) is 0 Å². The van der Waals surface area contributed by atoms with Gasteiger partial charge in [-0.2, -0.15) is 5.10 Å². The van der Waals surface area contributed by atoms with Crippen LogP contribution in [0.15, 0.2) is 60.9 Å². The summed E-state index contributed by atoms with van der Waals surface area (Å²) in [6.07, 6.45) is 3.57. The monoisotopic (exact) mass is 320 g/mol. The predicted octanol–water partition coefficient (Wildman–Crippen LogP) is 3.94. The van der Waals surface area contributed by atoms with Gasteiger partial charge in [-0.25, -0.2) is 0 Å². The highest BCUT2D eigenvalue weighted by Crippen LogP contribution is 2.35. The molecule has 0 saturated carbocycles. The van der Waals surface area contributed by atoms with E-state index in [9.17, 15) is 4.79 Å². The number of amides is 1. The van der Waals surface area contributed by atoms with Gasteiger partial charge < -0.3 is 5.32 Å². The average molecular weight is 320 g/mol. The summed E-state index contributed by atoms with van der Waals surface area (Å²) < 4.78 is 0.924. The molecule has 1 aromatic carbocycles. The van der Waals surface area contributed by atoms with E-state index in [1.54, 1.807) is 29.7 Å².